The average molecular weight is 578 g/mol. The van der Waals surface area contributed by atoms with Gasteiger partial charge in [0.2, 0.25) is 11.6 Å². The van der Waals surface area contributed by atoms with E-state index in [1.54, 1.807) is 0 Å². The average Bonchev–Trinajstić information content (AvgIpc) is 3.37. The maximum Gasteiger partial charge on any atom is 0.290 e. The van der Waals surface area contributed by atoms with E-state index in [0.29, 0.717) is 0 Å². The van der Waals surface area contributed by atoms with Crippen LogP contribution in [0.4, 0.5) is 11.6 Å². The number of rotatable bonds is 10. The van der Waals surface area contributed by atoms with E-state index in [1.807, 2.05) is 12.4 Å². The Morgan fingerprint density at radius 1 is 0.575 bits per heavy atom. The largest absolute Gasteiger partial charge is 1.00 e. The third kappa shape index (κ3) is 6.87. The van der Waals surface area contributed by atoms with Crippen molar-refractivity contribution in [2.24, 2.45) is 14.1 Å². The monoisotopic (exact) mass is 576 g/mol. The fourth-order valence-electron chi connectivity index (χ4n) is 5.44. The highest BCUT2D eigenvalue weighted by molar-refractivity contribution is 5.66. The van der Waals surface area contributed by atoms with E-state index in [1.165, 1.54) is 11.1 Å². The summed E-state index contributed by atoms with van der Waals surface area (Å²) >= 11 is 0. The first kappa shape index (κ1) is 30.8. The molecule has 2 heterocycles. The standard InChI is InChI=1S/C32H38N6.2ClH/c1-35-23-29(33)37(20-10-16-25-12-5-3-6-13-25)31(35)27-18-9-19-28(22-27)32-36(2)24-30(34)38(32)21-11-17-26-14-7-4-8-15-26;;/h3-9,12-15,18-19,22-24H,10-11,16-17,20-21,33-34H2,1-2H3;2*1H/q+2;;/p-2. The summed E-state index contributed by atoms with van der Waals surface area (Å²) in [6, 6.07) is 30.0. The molecule has 0 atom stereocenters. The van der Waals surface area contributed by atoms with Crippen molar-refractivity contribution in [2.75, 3.05) is 11.5 Å². The van der Waals surface area contributed by atoms with E-state index in [0.717, 1.165) is 73.2 Å². The second kappa shape index (κ2) is 14.1. The molecule has 0 fully saturated rings. The van der Waals surface area contributed by atoms with E-state index in [2.05, 4.69) is 117 Å². The molecule has 40 heavy (non-hydrogen) atoms. The van der Waals surface area contributed by atoms with Crippen LogP contribution >= 0.6 is 0 Å². The number of halogens is 2. The molecule has 0 aliphatic carbocycles. The van der Waals surface area contributed by atoms with Crippen molar-refractivity contribution in [3.8, 4) is 22.8 Å². The predicted octanol–water partition coefficient (Wildman–Crippen LogP) is -1.29. The molecule has 0 aliphatic rings. The smallest absolute Gasteiger partial charge is 0.290 e. The summed E-state index contributed by atoms with van der Waals surface area (Å²) in [6.07, 6.45) is 8.10. The van der Waals surface area contributed by atoms with Crippen LogP contribution < -0.4 is 45.4 Å². The Kier molecular flexibility index (Phi) is 10.8. The lowest BCUT2D eigenvalue weighted by atomic mass is 10.1. The maximum atomic E-state index is 6.48. The first-order chi connectivity index (χ1) is 18.5. The van der Waals surface area contributed by atoms with Gasteiger partial charge in [0.25, 0.3) is 11.6 Å². The Hall–Kier alpha value is -3.74. The molecule has 8 heteroatoms. The van der Waals surface area contributed by atoms with E-state index in [-0.39, 0.29) is 24.8 Å². The summed E-state index contributed by atoms with van der Waals surface area (Å²) in [4.78, 5) is 0. The third-order valence-corrected chi connectivity index (χ3v) is 7.21. The van der Waals surface area contributed by atoms with Crippen LogP contribution in [0.25, 0.3) is 22.8 Å². The summed E-state index contributed by atoms with van der Waals surface area (Å²) in [7, 11) is 4.13. The number of hydrogen-bond donors (Lipinski definition) is 2. The number of nitrogens with zero attached hydrogens (tertiary/aromatic N) is 4. The van der Waals surface area contributed by atoms with Crippen LogP contribution in [0, 0.1) is 0 Å². The molecule has 0 unspecified atom stereocenters. The fraction of sp³-hybridized carbons (Fsp3) is 0.250. The number of anilines is 2. The molecule has 0 radical (unpaired) electrons. The van der Waals surface area contributed by atoms with Gasteiger partial charge in [-0.15, -0.1) is 0 Å². The number of imidazole rings is 2. The zero-order chi connectivity index (χ0) is 26.5. The van der Waals surface area contributed by atoms with Crippen molar-refractivity contribution in [1.29, 1.82) is 0 Å². The summed E-state index contributed by atoms with van der Waals surface area (Å²) in [5, 5.41) is 0. The maximum absolute atomic E-state index is 6.48. The second-order valence-electron chi connectivity index (χ2n) is 10.0. The molecule has 0 spiro atoms. The summed E-state index contributed by atoms with van der Waals surface area (Å²) in [5.41, 5.74) is 17.9. The van der Waals surface area contributed by atoms with Gasteiger partial charge >= 0.3 is 0 Å². The van der Waals surface area contributed by atoms with Gasteiger partial charge in [-0.2, -0.15) is 0 Å². The van der Waals surface area contributed by atoms with Crippen molar-refractivity contribution in [3.63, 3.8) is 0 Å². The quantitative estimate of drug-likeness (QED) is 0.203. The molecule has 210 valence electrons. The van der Waals surface area contributed by atoms with Crippen LogP contribution in [-0.4, -0.2) is 9.13 Å². The Labute approximate surface area is 249 Å². The molecule has 0 bridgehead atoms. The van der Waals surface area contributed by atoms with E-state index < -0.39 is 0 Å². The normalized spacial score (nSPS) is 10.7. The number of hydrogen-bond acceptors (Lipinski definition) is 2. The highest BCUT2D eigenvalue weighted by Gasteiger charge is 2.25. The molecule has 3 aromatic carbocycles. The van der Waals surface area contributed by atoms with E-state index in [9.17, 15) is 0 Å². The second-order valence-corrected chi connectivity index (χ2v) is 10.0. The molecule has 0 saturated heterocycles. The minimum absolute atomic E-state index is 0. The lowest BCUT2D eigenvalue weighted by molar-refractivity contribution is -0.659. The first-order valence-electron chi connectivity index (χ1n) is 13.4. The molecule has 0 amide bonds. The lowest BCUT2D eigenvalue weighted by Crippen LogP contribution is -3.00. The molecule has 0 saturated carbocycles. The molecule has 2 aromatic heterocycles. The molecular formula is C32H38Cl2N6. The highest BCUT2D eigenvalue weighted by atomic mass is 35.5. The zero-order valence-electron chi connectivity index (χ0n) is 23.2. The molecule has 5 aromatic rings. The number of nitrogen functional groups attached to an aromatic ring is 2. The number of aryl methyl sites for hydroxylation is 4. The van der Waals surface area contributed by atoms with Crippen molar-refractivity contribution >= 4 is 11.6 Å². The first-order valence-corrected chi connectivity index (χ1v) is 13.4. The topological polar surface area (TPSA) is 69.7 Å². The van der Waals surface area contributed by atoms with Crippen molar-refractivity contribution in [1.82, 2.24) is 9.13 Å². The van der Waals surface area contributed by atoms with E-state index >= 15 is 0 Å². The number of aromatic nitrogens is 4. The Morgan fingerprint density at radius 3 is 1.38 bits per heavy atom. The van der Waals surface area contributed by atoms with Crippen LogP contribution in [0.15, 0.2) is 97.3 Å². The van der Waals surface area contributed by atoms with Gasteiger partial charge in [0.15, 0.2) is 12.4 Å². The van der Waals surface area contributed by atoms with E-state index in [4.69, 9.17) is 11.5 Å². The van der Waals surface area contributed by atoms with Crippen molar-refractivity contribution < 1.29 is 33.9 Å². The Morgan fingerprint density at radius 2 is 0.975 bits per heavy atom. The van der Waals surface area contributed by atoms with Crippen LogP contribution in [0.1, 0.15) is 24.0 Å². The van der Waals surface area contributed by atoms with Gasteiger partial charge in [-0.05, 0) is 55.0 Å². The SMILES string of the molecule is C[n+]1cc(N)n(CCCc2ccccc2)c1-c1cccc(-c2n(CCCc3ccccc3)c(N)c[n+]2C)c1.[Cl-].[Cl-]. The van der Waals surface area contributed by atoms with Crippen LogP contribution in [0.3, 0.4) is 0 Å². The van der Waals surface area contributed by atoms with Crippen molar-refractivity contribution in [3.05, 3.63) is 108 Å². The molecule has 0 aliphatic heterocycles. The van der Waals surface area contributed by atoms with Gasteiger partial charge in [-0.3, -0.25) is 0 Å². The van der Waals surface area contributed by atoms with Gasteiger partial charge in [-0.25, -0.2) is 18.3 Å². The fourth-order valence-corrected chi connectivity index (χ4v) is 5.44. The van der Waals surface area contributed by atoms with Gasteiger partial charge < -0.3 is 36.3 Å². The molecule has 6 nitrogen and oxygen atoms in total. The van der Waals surface area contributed by atoms with Gasteiger partial charge in [0.05, 0.1) is 38.3 Å². The van der Waals surface area contributed by atoms with Gasteiger partial charge in [-0.1, -0.05) is 66.7 Å². The van der Waals surface area contributed by atoms with Crippen LogP contribution in [-0.2, 0) is 40.0 Å². The zero-order valence-corrected chi connectivity index (χ0v) is 24.7. The summed E-state index contributed by atoms with van der Waals surface area (Å²) in [5.74, 6) is 3.77. The number of nitrogens with two attached hydrogens (primary N) is 2. The predicted molar refractivity (Wildman–Crippen MR) is 154 cm³/mol. The van der Waals surface area contributed by atoms with Gasteiger partial charge in [0, 0.05) is 0 Å². The minimum atomic E-state index is 0. The van der Waals surface area contributed by atoms with Crippen LogP contribution in [0.2, 0.25) is 0 Å². The Balaban J connectivity index is 0.00000220. The number of benzene rings is 3. The molecular weight excluding hydrogens is 539 g/mol. The molecule has 5 rings (SSSR count). The lowest BCUT2D eigenvalue weighted by Gasteiger charge is -2.08. The highest BCUT2D eigenvalue weighted by Crippen LogP contribution is 2.27. The Bertz CT molecular complexity index is 1400. The summed E-state index contributed by atoms with van der Waals surface area (Å²) in [6.45, 7) is 1.72. The van der Waals surface area contributed by atoms with Gasteiger partial charge in [0.1, 0.15) is 0 Å². The summed E-state index contributed by atoms with van der Waals surface area (Å²) < 4.78 is 8.72. The van der Waals surface area contributed by atoms with Crippen molar-refractivity contribution in [2.45, 2.75) is 38.8 Å². The minimum Gasteiger partial charge on any atom is -1.00 e. The molecule has 4 N–H and O–H groups in total. The third-order valence-electron chi connectivity index (χ3n) is 7.21. The van der Waals surface area contributed by atoms with Crippen LogP contribution in [0.5, 0.6) is 0 Å².